The van der Waals surface area contributed by atoms with Gasteiger partial charge in [0.1, 0.15) is 23.9 Å². The van der Waals surface area contributed by atoms with Crippen molar-refractivity contribution in [3.05, 3.63) is 0 Å². The highest BCUT2D eigenvalue weighted by Gasteiger charge is 2.57. The van der Waals surface area contributed by atoms with Crippen LogP contribution < -0.4 is 0 Å². The van der Waals surface area contributed by atoms with Gasteiger partial charge in [-0.2, -0.15) is 0 Å². The van der Waals surface area contributed by atoms with Crippen LogP contribution in [0.4, 0.5) is 0 Å². The minimum Gasteiger partial charge on any atom is -0.459 e. The summed E-state index contributed by atoms with van der Waals surface area (Å²) < 4.78 is 50.9. The molecule has 0 aromatic carbocycles. The SMILES string of the molecule is CCC1OC(=O)[C@H](C)C(O[C@H]2C[C@@](C)(OC)[C@@H](O)[C@H](C)O2)[C@H](C)[C@@H](O[C@@H]2O[C@H](C)C[C@H](N(C)C)[C@H]2O)[C@](C)(O)C[C@@H](C)[C@@H]2OC(C)(C)O[C@H]([C@H]2C)[C@]1(C)O. The molecule has 2 unspecified atom stereocenters. The molecule has 0 saturated carbocycles. The van der Waals surface area contributed by atoms with Gasteiger partial charge in [0.2, 0.25) is 0 Å². The maximum absolute atomic E-state index is 14.4. The van der Waals surface area contributed by atoms with Gasteiger partial charge in [0.05, 0.1) is 53.7 Å². The molecule has 0 amide bonds. The van der Waals surface area contributed by atoms with Crippen LogP contribution in [0.2, 0.25) is 0 Å². The zero-order valence-corrected chi connectivity index (χ0v) is 35.5. The molecule has 0 aromatic heterocycles. The summed E-state index contributed by atoms with van der Waals surface area (Å²) in [5, 5.41) is 47.6. The lowest BCUT2D eigenvalue weighted by atomic mass is 9.72. The third kappa shape index (κ3) is 9.47. The van der Waals surface area contributed by atoms with Crippen molar-refractivity contribution in [1.82, 2.24) is 4.90 Å². The monoisotopic (exact) mass is 776 g/mol. The summed E-state index contributed by atoms with van der Waals surface area (Å²) in [4.78, 5) is 16.3. The summed E-state index contributed by atoms with van der Waals surface area (Å²) in [5.74, 6) is -4.13. The van der Waals surface area contributed by atoms with E-state index in [1.807, 2.05) is 53.6 Å². The molecule has 4 rings (SSSR count). The second-order valence-electron chi connectivity index (χ2n) is 18.3. The topological polar surface area (TPSA) is 175 Å². The van der Waals surface area contributed by atoms with Crippen molar-refractivity contribution in [1.29, 1.82) is 0 Å². The number of hydrogen-bond donors (Lipinski definition) is 4. The van der Waals surface area contributed by atoms with Gasteiger partial charge in [0.25, 0.3) is 0 Å². The van der Waals surface area contributed by atoms with Crippen LogP contribution in [0, 0.1) is 23.7 Å². The fraction of sp³-hybridized carbons (Fsp3) is 0.975. The first kappa shape index (κ1) is 45.7. The summed E-state index contributed by atoms with van der Waals surface area (Å²) >= 11 is 0. The van der Waals surface area contributed by atoms with Gasteiger partial charge in [-0.05, 0) is 94.7 Å². The van der Waals surface area contributed by atoms with Crippen LogP contribution >= 0.6 is 0 Å². The van der Waals surface area contributed by atoms with Gasteiger partial charge in [0, 0.05) is 31.4 Å². The van der Waals surface area contributed by atoms with Gasteiger partial charge >= 0.3 is 5.97 Å². The Morgan fingerprint density at radius 2 is 1.52 bits per heavy atom. The molecule has 4 saturated heterocycles. The van der Waals surface area contributed by atoms with Crippen molar-refractivity contribution in [3.8, 4) is 0 Å². The van der Waals surface area contributed by atoms with E-state index in [9.17, 15) is 25.2 Å². The minimum absolute atomic E-state index is 0.142. The molecule has 4 N–H and O–H groups in total. The third-order valence-electron chi connectivity index (χ3n) is 12.8. The van der Waals surface area contributed by atoms with E-state index in [4.69, 9.17) is 37.9 Å². The van der Waals surface area contributed by atoms with Crippen molar-refractivity contribution in [2.75, 3.05) is 21.2 Å². The fourth-order valence-electron chi connectivity index (χ4n) is 9.67. The lowest BCUT2D eigenvalue weighted by Crippen LogP contribution is -2.65. The lowest BCUT2D eigenvalue weighted by molar-refractivity contribution is -0.360. The molecule has 2 bridgehead atoms. The van der Waals surface area contributed by atoms with E-state index in [0.29, 0.717) is 12.8 Å². The zero-order valence-electron chi connectivity index (χ0n) is 35.5. The van der Waals surface area contributed by atoms with E-state index < -0.39 is 102 Å². The number of carbonyl (C=O) groups excluding carboxylic acids is 1. The second-order valence-corrected chi connectivity index (χ2v) is 18.3. The van der Waals surface area contributed by atoms with Crippen LogP contribution in [0.15, 0.2) is 0 Å². The van der Waals surface area contributed by atoms with E-state index in [1.165, 1.54) is 7.11 Å². The minimum atomic E-state index is -1.62. The van der Waals surface area contributed by atoms with Crippen molar-refractivity contribution >= 4 is 5.97 Å². The van der Waals surface area contributed by atoms with E-state index in [2.05, 4.69) is 0 Å². The Balaban J connectivity index is 1.86. The molecular weight excluding hydrogens is 702 g/mol. The number of hydrogen-bond acceptors (Lipinski definition) is 14. The standard InChI is InChI=1S/C40H73NO13/c1-16-27-40(12,46)34-22(4)30(53-37(8,9)54-34)20(2)18-38(10,45)33(52-36-29(42)26(41(13)14)17-21(3)48-36)23(5)31(24(6)35(44)50-27)51-28-19-39(11,47-15)32(43)25(7)49-28/h20-34,36,42-43,45-46H,16-19H2,1-15H3/t20-,21-,22+,23+,24-,25+,26+,27?,28+,29-,30+,31?,32+,33-,34-,36+,38-,39-,40-/m1/s1. The summed E-state index contributed by atoms with van der Waals surface area (Å²) in [5.41, 5.74) is -4.24. The van der Waals surface area contributed by atoms with Crippen LogP contribution in [-0.4, -0.2) is 149 Å². The zero-order chi connectivity index (χ0) is 40.9. The van der Waals surface area contributed by atoms with E-state index in [1.54, 1.807) is 48.5 Å². The number of likely N-dealkylation sites (N-methyl/N-ethyl adjacent to an activating group) is 1. The molecule has 0 aromatic rings. The van der Waals surface area contributed by atoms with Crippen molar-refractivity contribution in [3.63, 3.8) is 0 Å². The van der Waals surface area contributed by atoms with Crippen molar-refractivity contribution in [2.45, 2.75) is 205 Å². The van der Waals surface area contributed by atoms with Gasteiger partial charge in [0.15, 0.2) is 18.4 Å². The van der Waals surface area contributed by atoms with E-state index in [0.717, 1.165) is 0 Å². The molecule has 0 aliphatic carbocycles. The Kier molecular flexibility index (Phi) is 14.4. The number of rotatable bonds is 7. The van der Waals surface area contributed by atoms with Crippen LogP contribution in [0.5, 0.6) is 0 Å². The average Bonchev–Trinajstić information content (AvgIpc) is 3.07. The number of methoxy groups -OCH3 is 1. The maximum atomic E-state index is 14.4. The Hall–Kier alpha value is -1.01. The molecule has 14 nitrogen and oxygen atoms in total. The van der Waals surface area contributed by atoms with Crippen LogP contribution in [0.3, 0.4) is 0 Å². The van der Waals surface area contributed by atoms with Crippen molar-refractivity contribution < 1.29 is 63.1 Å². The Morgan fingerprint density at radius 1 is 0.889 bits per heavy atom. The summed E-state index contributed by atoms with van der Waals surface area (Å²) in [6.07, 6.45) is -8.06. The molecule has 0 spiro atoms. The highest BCUT2D eigenvalue weighted by molar-refractivity contribution is 5.73. The Labute approximate surface area is 323 Å². The number of fused-ring (bicyclic) bond motifs is 2. The number of carbonyl (C=O) groups is 1. The first-order valence-electron chi connectivity index (χ1n) is 20.0. The number of esters is 1. The van der Waals surface area contributed by atoms with Gasteiger partial charge in [-0.15, -0.1) is 0 Å². The summed E-state index contributed by atoms with van der Waals surface area (Å²) in [7, 11) is 5.30. The fourth-order valence-corrected chi connectivity index (χ4v) is 9.67. The lowest BCUT2D eigenvalue weighted by Gasteiger charge is -2.53. The van der Waals surface area contributed by atoms with E-state index >= 15 is 0 Å². The Morgan fingerprint density at radius 3 is 2.09 bits per heavy atom. The molecule has 316 valence electrons. The predicted molar refractivity (Wildman–Crippen MR) is 199 cm³/mol. The first-order valence-corrected chi connectivity index (χ1v) is 20.0. The maximum Gasteiger partial charge on any atom is 0.311 e. The second kappa shape index (κ2) is 17.1. The molecular formula is C40H73NO13. The molecule has 54 heavy (non-hydrogen) atoms. The molecule has 4 heterocycles. The Bertz CT molecular complexity index is 1250. The van der Waals surface area contributed by atoms with E-state index in [-0.39, 0.29) is 36.8 Å². The summed E-state index contributed by atoms with van der Waals surface area (Å²) in [6.45, 7) is 21.6. The highest BCUT2D eigenvalue weighted by Crippen LogP contribution is 2.45. The van der Waals surface area contributed by atoms with Gasteiger partial charge < -0.3 is 63.2 Å². The summed E-state index contributed by atoms with van der Waals surface area (Å²) in [6, 6.07) is -0.276. The number of aliphatic hydroxyl groups is 4. The molecule has 4 fully saturated rings. The quantitative estimate of drug-likeness (QED) is 0.277. The highest BCUT2D eigenvalue weighted by atomic mass is 16.7. The van der Waals surface area contributed by atoms with Crippen LogP contribution in [0.1, 0.15) is 109 Å². The molecule has 4 aliphatic rings. The van der Waals surface area contributed by atoms with Crippen LogP contribution in [0.25, 0.3) is 0 Å². The predicted octanol–water partition coefficient (Wildman–Crippen LogP) is 3.38. The van der Waals surface area contributed by atoms with Gasteiger partial charge in [-0.1, -0.05) is 27.7 Å². The number of ether oxygens (including phenoxy) is 8. The third-order valence-corrected chi connectivity index (χ3v) is 12.8. The number of nitrogens with zero attached hydrogens (tertiary/aromatic N) is 1. The van der Waals surface area contributed by atoms with Gasteiger partial charge in [-0.25, -0.2) is 0 Å². The van der Waals surface area contributed by atoms with Gasteiger partial charge in [-0.3, -0.25) is 4.79 Å². The molecule has 4 aliphatic heterocycles. The largest absolute Gasteiger partial charge is 0.459 e. The first-order chi connectivity index (χ1) is 24.8. The normalized spacial score (nSPS) is 51.0. The smallest absolute Gasteiger partial charge is 0.311 e. The van der Waals surface area contributed by atoms with Crippen LogP contribution in [-0.2, 0) is 42.7 Å². The molecule has 0 radical (unpaired) electrons. The molecule has 19 atom stereocenters. The average molecular weight is 776 g/mol. The number of aliphatic hydroxyl groups excluding tert-OH is 2. The van der Waals surface area contributed by atoms with Crippen molar-refractivity contribution in [2.24, 2.45) is 23.7 Å². The number of cyclic esters (lactones) is 1. The molecule has 14 heteroatoms.